The van der Waals surface area contributed by atoms with Crippen molar-refractivity contribution in [1.29, 1.82) is 0 Å². The Labute approximate surface area is 101 Å². The van der Waals surface area contributed by atoms with Crippen LogP contribution in [0.1, 0.15) is 73.1 Å². The average Bonchev–Trinajstić information content (AvgIpc) is 3.09. The molecule has 0 radical (unpaired) electrons. The minimum Gasteiger partial charge on any atom is -0.476 e. The summed E-state index contributed by atoms with van der Waals surface area (Å²) in [6.07, 6.45) is 8.49. The van der Waals surface area contributed by atoms with E-state index in [1.165, 1.54) is 32.1 Å². The van der Waals surface area contributed by atoms with Gasteiger partial charge >= 0.3 is 5.97 Å². The normalized spacial score (nSPS) is 21.6. The van der Waals surface area contributed by atoms with Crippen LogP contribution in [0.15, 0.2) is 6.07 Å². The number of carboxylic acids is 1. The van der Waals surface area contributed by atoms with Crippen LogP contribution in [0.4, 0.5) is 0 Å². The summed E-state index contributed by atoms with van der Waals surface area (Å²) in [7, 11) is 0. The molecule has 3 rings (SSSR count). The molecule has 92 valence electrons. The van der Waals surface area contributed by atoms with Crippen molar-refractivity contribution in [3.05, 3.63) is 17.5 Å². The summed E-state index contributed by atoms with van der Waals surface area (Å²) >= 11 is 0. The standard InChI is InChI=1S/C13H18N2O2/c16-13(17)11-8-12(9-6-7-9)15(14-11)10-4-2-1-3-5-10/h8-10H,1-7H2,(H,16,17). The van der Waals surface area contributed by atoms with Gasteiger partial charge in [0.05, 0.1) is 6.04 Å². The first-order chi connectivity index (χ1) is 8.25. The van der Waals surface area contributed by atoms with E-state index < -0.39 is 5.97 Å². The van der Waals surface area contributed by atoms with E-state index in [-0.39, 0.29) is 5.69 Å². The Balaban J connectivity index is 1.92. The van der Waals surface area contributed by atoms with E-state index in [4.69, 9.17) is 5.11 Å². The summed E-state index contributed by atoms with van der Waals surface area (Å²) in [5.74, 6) is -0.334. The number of nitrogens with zero attached hydrogens (tertiary/aromatic N) is 2. The smallest absolute Gasteiger partial charge is 0.356 e. The van der Waals surface area contributed by atoms with Gasteiger partial charge in [-0.05, 0) is 31.7 Å². The topological polar surface area (TPSA) is 55.1 Å². The number of carboxylic acid groups (broad SMARTS) is 1. The zero-order valence-electron chi connectivity index (χ0n) is 9.93. The zero-order chi connectivity index (χ0) is 11.8. The maximum atomic E-state index is 11.0. The third-order valence-electron chi connectivity index (χ3n) is 3.90. The summed E-state index contributed by atoms with van der Waals surface area (Å²) in [5.41, 5.74) is 1.38. The fourth-order valence-corrected chi connectivity index (χ4v) is 2.82. The van der Waals surface area contributed by atoms with E-state index in [9.17, 15) is 4.79 Å². The Bertz CT molecular complexity index is 429. The van der Waals surface area contributed by atoms with Gasteiger partial charge < -0.3 is 5.11 Å². The lowest BCUT2D eigenvalue weighted by Gasteiger charge is -2.23. The molecule has 2 aliphatic carbocycles. The fraction of sp³-hybridized carbons (Fsp3) is 0.692. The van der Waals surface area contributed by atoms with Crippen molar-refractivity contribution in [2.24, 2.45) is 0 Å². The number of rotatable bonds is 3. The molecular formula is C13H18N2O2. The first-order valence-electron chi connectivity index (χ1n) is 6.58. The first-order valence-corrected chi connectivity index (χ1v) is 6.58. The molecule has 0 spiro atoms. The Kier molecular flexibility index (Phi) is 2.65. The number of carbonyl (C=O) groups is 1. The van der Waals surface area contributed by atoms with Crippen LogP contribution >= 0.6 is 0 Å². The van der Waals surface area contributed by atoms with E-state index in [0.29, 0.717) is 12.0 Å². The molecular weight excluding hydrogens is 216 g/mol. The number of hydrogen-bond donors (Lipinski definition) is 1. The molecule has 1 N–H and O–H groups in total. The summed E-state index contributed by atoms with van der Waals surface area (Å²) in [4.78, 5) is 11.0. The minimum absolute atomic E-state index is 0.220. The van der Waals surface area contributed by atoms with Gasteiger partial charge in [-0.15, -0.1) is 0 Å². The lowest BCUT2D eigenvalue weighted by molar-refractivity contribution is 0.0689. The quantitative estimate of drug-likeness (QED) is 0.874. The molecule has 2 aliphatic rings. The third-order valence-corrected chi connectivity index (χ3v) is 3.90. The van der Waals surface area contributed by atoms with Gasteiger partial charge in [-0.3, -0.25) is 4.68 Å². The van der Waals surface area contributed by atoms with E-state index in [0.717, 1.165) is 18.5 Å². The van der Waals surface area contributed by atoms with Crippen molar-refractivity contribution in [2.75, 3.05) is 0 Å². The van der Waals surface area contributed by atoms with Crippen LogP contribution < -0.4 is 0 Å². The lowest BCUT2D eigenvalue weighted by Crippen LogP contribution is -2.16. The second kappa shape index (κ2) is 4.17. The average molecular weight is 234 g/mol. The van der Waals surface area contributed by atoms with Crippen molar-refractivity contribution < 1.29 is 9.90 Å². The van der Waals surface area contributed by atoms with E-state index in [2.05, 4.69) is 5.10 Å². The van der Waals surface area contributed by atoms with Gasteiger partial charge in [0.1, 0.15) is 0 Å². The summed E-state index contributed by atoms with van der Waals surface area (Å²) < 4.78 is 2.03. The summed E-state index contributed by atoms with van der Waals surface area (Å²) in [6.45, 7) is 0. The monoisotopic (exact) mass is 234 g/mol. The summed E-state index contributed by atoms with van der Waals surface area (Å²) in [5, 5.41) is 13.4. The van der Waals surface area contributed by atoms with Gasteiger partial charge in [0.2, 0.25) is 0 Å². The Morgan fingerprint density at radius 1 is 1.24 bits per heavy atom. The lowest BCUT2D eigenvalue weighted by atomic mass is 9.95. The number of hydrogen-bond acceptors (Lipinski definition) is 2. The molecule has 0 unspecified atom stereocenters. The van der Waals surface area contributed by atoms with E-state index in [1.54, 1.807) is 6.07 Å². The highest BCUT2D eigenvalue weighted by Gasteiger charge is 2.31. The van der Waals surface area contributed by atoms with Gasteiger partial charge in [0.25, 0.3) is 0 Å². The maximum Gasteiger partial charge on any atom is 0.356 e. The van der Waals surface area contributed by atoms with E-state index >= 15 is 0 Å². The van der Waals surface area contributed by atoms with Crippen LogP contribution in [-0.4, -0.2) is 20.9 Å². The summed E-state index contributed by atoms with van der Waals surface area (Å²) in [6, 6.07) is 2.22. The second-order valence-electron chi connectivity index (χ2n) is 5.27. The Morgan fingerprint density at radius 3 is 2.53 bits per heavy atom. The van der Waals surface area contributed by atoms with E-state index in [1.807, 2.05) is 4.68 Å². The molecule has 0 aliphatic heterocycles. The molecule has 0 saturated heterocycles. The minimum atomic E-state index is -0.901. The van der Waals surface area contributed by atoms with Crippen LogP contribution in [0.25, 0.3) is 0 Å². The van der Waals surface area contributed by atoms with Gasteiger partial charge in [-0.1, -0.05) is 19.3 Å². The van der Waals surface area contributed by atoms with Gasteiger partial charge in [0.15, 0.2) is 5.69 Å². The molecule has 0 atom stereocenters. The fourth-order valence-electron chi connectivity index (χ4n) is 2.82. The van der Waals surface area contributed by atoms with Crippen LogP contribution in [-0.2, 0) is 0 Å². The number of aromatic nitrogens is 2. The largest absolute Gasteiger partial charge is 0.476 e. The van der Waals surface area contributed by atoms with Crippen molar-refractivity contribution >= 4 is 5.97 Å². The van der Waals surface area contributed by atoms with Crippen molar-refractivity contribution in [3.8, 4) is 0 Å². The first kappa shape index (κ1) is 10.8. The molecule has 1 heterocycles. The SMILES string of the molecule is O=C(O)c1cc(C2CC2)n(C2CCCCC2)n1. The number of aromatic carboxylic acids is 1. The molecule has 0 amide bonds. The van der Waals surface area contributed by atoms with Crippen molar-refractivity contribution in [1.82, 2.24) is 9.78 Å². The van der Waals surface area contributed by atoms with Crippen molar-refractivity contribution in [2.45, 2.75) is 56.9 Å². The molecule has 2 saturated carbocycles. The highest BCUT2D eigenvalue weighted by molar-refractivity contribution is 5.85. The molecule has 0 aromatic carbocycles. The molecule has 2 fully saturated rings. The van der Waals surface area contributed by atoms with Crippen LogP contribution in [0, 0.1) is 0 Å². The molecule has 17 heavy (non-hydrogen) atoms. The Morgan fingerprint density at radius 2 is 1.94 bits per heavy atom. The molecule has 4 heteroatoms. The van der Waals surface area contributed by atoms with Gasteiger partial charge in [-0.2, -0.15) is 5.10 Å². The molecule has 1 aromatic heterocycles. The predicted molar refractivity (Wildman–Crippen MR) is 63.3 cm³/mol. The molecule has 0 bridgehead atoms. The second-order valence-corrected chi connectivity index (χ2v) is 5.27. The third kappa shape index (κ3) is 2.08. The zero-order valence-corrected chi connectivity index (χ0v) is 9.93. The molecule has 4 nitrogen and oxygen atoms in total. The van der Waals surface area contributed by atoms with Gasteiger partial charge in [-0.25, -0.2) is 4.79 Å². The predicted octanol–water partition coefficient (Wildman–Crippen LogP) is 2.96. The van der Waals surface area contributed by atoms with Crippen LogP contribution in [0.5, 0.6) is 0 Å². The Hall–Kier alpha value is -1.32. The highest BCUT2D eigenvalue weighted by Crippen LogP contribution is 2.42. The van der Waals surface area contributed by atoms with Crippen LogP contribution in [0.2, 0.25) is 0 Å². The van der Waals surface area contributed by atoms with Gasteiger partial charge in [0, 0.05) is 11.6 Å². The van der Waals surface area contributed by atoms with Crippen LogP contribution in [0.3, 0.4) is 0 Å². The maximum absolute atomic E-state index is 11.0. The highest BCUT2D eigenvalue weighted by atomic mass is 16.4. The molecule has 1 aromatic rings. The van der Waals surface area contributed by atoms with Crippen molar-refractivity contribution in [3.63, 3.8) is 0 Å².